The van der Waals surface area contributed by atoms with Gasteiger partial charge in [0.2, 0.25) is 23.3 Å². The summed E-state index contributed by atoms with van der Waals surface area (Å²) in [6.45, 7) is 12.3. The molecular weight excluding hydrogens is 1270 g/mol. The van der Waals surface area contributed by atoms with Crippen LogP contribution < -0.4 is 36.6 Å². The molecule has 25 nitrogen and oxygen atoms in total. The third-order valence-corrected chi connectivity index (χ3v) is 22.8. The number of ether oxygens (including phenoxy) is 4. The second-order valence-electron chi connectivity index (χ2n) is 29.0. The number of hydrogen-bond acceptors (Lipinski definition) is 17. The Morgan fingerprint density at radius 1 is 0.848 bits per heavy atom. The molecule has 3 fully saturated rings. The van der Waals surface area contributed by atoms with E-state index in [0.717, 1.165) is 32.5 Å². The largest absolute Gasteiger partial charge is 0.496 e. The molecule has 0 unspecified atom stereocenters. The van der Waals surface area contributed by atoms with Crippen molar-refractivity contribution in [3.63, 3.8) is 0 Å². The number of imide groups is 1. The lowest BCUT2D eigenvalue weighted by Gasteiger charge is -2.63. The molecule has 1 spiro atoms. The van der Waals surface area contributed by atoms with Crippen molar-refractivity contribution in [3.05, 3.63) is 113 Å². The highest BCUT2D eigenvalue weighted by Crippen LogP contribution is 2.68. The number of nitrogens with two attached hydrogens (primary N) is 1. The first-order valence-electron chi connectivity index (χ1n) is 34.9. The van der Waals surface area contributed by atoms with Gasteiger partial charge in [-0.1, -0.05) is 76.6 Å². The smallest absolute Gasteiger partial charge is 0.344 e. The molecule has 9 N–H and O–H groups in total. The van der Waals surface area contributed by atoms with Crippen LogP contribution in [0.15, 0.2) is 85.0 Å². The van der Waals surface area contributed by atoms with E-state index in [9.17, 15) is 48.6 Å². The fourth-order valence-electron chi connectivity index (χ4n) is 18.7. The number of nitrogens with one attached hydrogen (secondary N) is 5. The highest BCUT2D eigenvalue weighted by Gasteiger charge is 2.80. The van der Waals surface area contributed by atoms with Crippen LogP contribution in [0.2, 0.25) is 0 Å². The summed E-state index contributed by atoms with van der Waals surface area (Å²) in [4.78, 5) is 131. The number of likely N-dealkylation sites (N-methyl/N-ethyl adjacent to an activating group) is 1. The number of nitrogens with zero attached hydrogens (tertiary/aromatic N) is 4. The van der Waals surface area contributed by atoms with Crippen molar-refractivity contribution in [2.75, 3.05) is 84.4 Å². The zero-order chi connectivity index (χ0) is 71.1. The Morgan fingerprint density at radius 2 is 1.58 bits per heavy atom. The first-order valence-corrected chi connectivity index (χ1v) is 34.9. The van der Waals surface area contributed by atoms with Gasteiger partial charge in [-0.3, -0.25) is 43.4 Å². The quantitative estimate of drug-likeness (QED) is 0.0105. The maximum absolute atomic E-state index is 16.1. The van der Waals surface area contributed by atoms with Crippen molar-refractivity contribution in [3.8, 4) is 5.75 Å². The van der Waals surface area contributed by atoms with Gasteiger partial charge in [0.05, 0.1) is 40.5 Å². The first-order chi connectivity index (χ1) is 47.2. The van der Waals surface area contributed by atoms with E-state index in [1.807, 2.05) is 74.3 Å². The minimum Gasteiger partial charge on any atom is -0.496 e. The summed E-state index contributed by atoms with van der Waals surface area (Å²) in [7, 11) is 6.02. The number of piperidine rings is 1. The van der Waals surface area contributed by atoms with Gasteiger partial charge in [-0.15, -0.1) is 0 Å². The molecule has 7 aliphatic rings. The number of esters is 3. The number of quaternary nitrogens is 1. The number of benzene rings is 3. The molecule has 11 rings (SSSR count). The van der Waals surface area contributed by atoms with E-state index in [4.69, 9.17) is 24.7 Å². The van der Waals surface area contributed by atoms with Gasteiger partial charge in [0, 0.05) is 127 Å². The van der Waals surface area contributed by atoms with Crippen molar-refractivity contribution in [2.45, 2.75) is 171 Å². The topological polar surface area (TPSA) is 331 Å². The van der Waals surface area contributed by atoms with Crippen LogP contribution in [0.3, 0.4) is 0 Å². The van der Waals surface area contributed by atoms with Crippen molar-refractivity contribution >= 4 is 75.8 Å². The van der Waals surface area contributed by atoms with Crippen LogP contribution in [0.5, 0.6) is 5.75 Å². The highest BCUT2D eigenvalue weighted by atomic mass is 16.6. The summed E-state index contributed by atoms with van der Waals surface area (Å²) in [6, 6.07) is 15.2. The number of H-pyrrole nitrogens is 1. The molecule has 7 amide bonds. The Labute approximate surface area is 577 Å². The van der Waals surface area contributed by atoms with Gasteiger partial charge in [0.1, 0.15) is 41.9 Å². The maximum atomic E-state index is 16.1. The van der Waals surface area contributed by atoms with E-state index in [-0.39, 0.29) is 68.3 Å². The molecule has 2 bridgehead atoms. The van der Waals surface area contributed by atoms with E-state index >= 15 is 4.79 Å². The number of rotatable bonds is 25. The van der Waals surface area contributed by atoms with Crippen LogP contribution >= 0.6 is 0 Å². The van der Waals surface area contributed by atoms with Crippen molar-refractivity contribution in [2.24, 2.45) is 23.0 Å². The Kier molecular flexibility index (Phi) is 20.4. The SMILES string of the molecule is CC[C@]1(O)C[C@H]2C[C@](C(=O)OC)(c3cc4c(cc3OC)N(C)[C@H]3[C@@](O)(C(=O)OC)[C@H](OC(C)=O)[C@]5(CC)C=CCN6CC[C@]43[C@@H]65)c3[nH]c4ccccc4c3CC[N@+](Cc3ccc(NC(=O)[C@H](CCCNC(N)=O)NC(=O)[C@@H](NC(=O)CCCCCN4C(=O)C=CC4=O)C(C)C)cc3)(C2)C1. The number of anilines is 2. The number of urea groups is 1. The number of unbranched alkanes of at least 4 members (excludes halogenated alkanes) is 2. The van der Waals surface area contributed by atoms with Crippen LogP contribution in [0, 0.1) is 17.3 Å². The fraction of sp³-hybridized carbons (Fsp3) is 0.554. The minimum atomic E-state index is -2.40. The Bertz CT molecular complexity index is 3870. The molecular formula is C74H97N10O15+. The monoisotopic (exact) mass is 1370 g/mol. The molecule has 4 aromatic rings. The number of hydrogen-bond donors (Lipinski definition) is 8. The van der Waals surface area contributed by atoms with Crippen molar-refractivity contribution in [1.82, 2.24) is 30.7 Å². The highest BCUT2D eigenvalue weighted by molar-refractivity contribution is 6.13. The van der Waals surface area contributed by atoms with Crippen LogP contribution in [-0.4, -0.2) is 199 Å². The first kappa shape index (κ1) is 71.6. The lowest BCUT2D eigenvalue weighted by Crippen LogP contribution is -2.81. The van der Waals surface area contributed by atoms with Crippen LogP contribution in [0.4, 0.5) is 16.2 Å². The molecule has 1 aromatic heterocycles. The molecule has 7 heterocycles. The Balaban J connectivity index is 0.909. The standard InChI is InChI=1S/C74H96N10O15/c1-10-70(94)39-47-40-73(67(91)97-8,52-37-51-55(38-56(52)96-7)81(6)65-72(51)31-35-82-33-18-30-71(11-2,64(72)82)66(99-45(5)85)74(65,95)68(92)98-9)61-50(49-19-14-15-20-53(49)78-61)29-36-84(42-47,43-70)41-46-23-25-48(26-24-46)77-62(89)54(21-17-32-76-69(75)93)79-63(90)60(44(3)4)80-57(86)22-13-12-16-34-83-58(87)27-28-59(83)88/h14-15,18-20,23-28,30,37-38,44,47,54,60,64-66,78,94-95H,10-13,16-17,21-22,29,31-36,39-43H2,1-9H3,(H5-,75,76,77,79,80,86,89,90,93)/p+1/t47-,54-,60-,64-,65+,66+,70-,71+,72+,73-,74-,84-/m0/s1. The average molecular weight is 1370 g/mol. The zero-order valence-corrected chi connectivity index (χ0v) is 58.3. The summed E-state index contributed by atoms with van der Waals surface area (Å²) in [5.41, 5.74) is 3.69. The molecule has 12 atom stereocenters. The van der Waals surface area contributed by atoms with Gasteiger partial charge in [0.25, 0.3) is 11.8 Å². The summed E-state index contributed by atoms with van der Waals surface area (Å²) in [5, 5.41) is 38.8. The molecule has 3 aromatic carbocycles. The molecule has 25 heteroatoms. The second-order valence-corrected chi connectivity index (χ2v) is 29.0. The normalized spacial score (nSPS) is 28.7. The van der Waals surface area contributed by atoms with Crippen LogP contribution in [0.25, 0.3) is 10.9 Å². The van der Waals surface area contributed by atoms with Gasteiger partial charge in [-0.25, -0.2) is 9.59 Å². The summed E-state index contributed by atoms with van der Waals surface area (Å²) >= 11 is 0. The number of carbonyl (C=O) groups excluding carboxylic acids is 9. The summed E-state index contributed by atoms with van der Waals surface area (Å²) < 4.78 is 24.9. The molecule has 532 valence electrons. The number of para-hydroxylation sites is 1. The Hall–Kier alpha value is -8.65. The average Bonchev–Trinajstić information content (AvgIpc) is 1.50. The van der Waals surface area contributed by atoms with Crippen LogP contribution in [0.1, 0.15) is 133 Å². The van der Waals surface area contributed by atoms with E-state index in [1.165, 1.54) is 33.3 Å². The van der Waals surface area contributed by atoms with Gasteiger partial charge in [-0.2, -0.15) is 0 Å². The van der Waals surface area contributed by atoms with E-state index in [2.05, 4.69) is 43.3 Å². The molecule has 6 aliphatic heterocycles. The molecule has 0 radical (unpaired) electrons. The van der Waals surface area contributed by atoms with Gasteiger partial charge >= 0.3 is 23.9 Å². The second kappa shape index (κ2) is 28.2. The lowest BCUT2D eigenvalue weighted by molar-refractivity contribution is -0.954. The summed E-state index contributed by atoms with van der Waals surface area (Å²) in [6.07, 6.45) is 9.43. The van der Waals surface area contributed by atoms with E-state index in [1.54, 1.807) is 33.1 Å². The third kappa shape index (κ3) is 12.7. The number of carbonyl (C=O) groups is 9. The number of amides is 7. The third-order valence-electron chi connectivity index (χ3n) is 22.8. The number of methoxy groups -OCH3 is 3. The molecule has 99 heavy (non-hydrogen) atoms. The number of aromatic nitrogens is 1. The van der Waals surface area contributed by atoms with Gasteiger partial charge < -0.3 is 70.5 Å². The molecule has 1 saturated carbocycles. The van der Waals surface area contributed by atoms with Crippen molar-refractivity contribution in [1.29, 1.82) is 0 Å². The number of primary amides is 1. The van der Waals surface area contributed by atoms with E-state index < -0.39 is 93.5 Å². The molecule has 1 aliphatic carbocycles. The minimum absolute atomic E-state index is 0.0963. The predicted octanol–water partition coefficient (Wildman–Crippen LogP) is 5.20. The molecule has 2 saturated heterocycles. The number of aromatic amines is 1. The maximum Gasteiger partial charge on any atom is 0.344 e. The van der Waals surface area contributed by atoms with Gasteiger partial charge in [0.15, 0.2) is 6.10 Å². The zero-order valence-electron chi connectivity index (χ0n) is 58.3. The number of fused-ring (bicyclic) bond motifs is 6. The predicted molar refractivity (Wildman–Crippen MR) is 367 cm³/mol. The fourth-order valence-corrected chi connectivity index (χ4v) is 18.7. The number of aliphatic hydroxyl groups is 2. The van der Waals surface area contributed by atoms with E-state index in [0.29, 0.717) is 123 Å². The Morgan fingerprint density at radius 3 is 2.24 bits per heavy atom. The summed E-state index contributed by atoms with van der Waals surface area (Å²) in [5.74, 6) is -4.67. The van der Waals surface area contributed by atoms with Gasteiger partial charge in [-0.05, 0) is 106 Å². The van der Waals surface area contributed by atoms with Crippen molar-refractivity contribution < 1.29 is 76.8 Å². The van der Waals surface area contributed by atoms with Crippen LogP contribution in [-0.2, 0) is 76.4 Å². The lowest BCUT2D eigenvalue weighted by atomic mass is 9.47.